The van der Waals surface area contributed by atoms with Crippen LogP contribution in [0.5, 0.6) is 5.88 Å². The molecule has 128 valence electrons. The highest BCUT2D eigenvalue weighted by Gasteiger charge is 2.09. The van der Waals surface area contributed by atoms with Crippen molar-refractivity contribution in [3.05, 3.63) is 66.1 Å². The van der Waals surface area contributed by atoms with Gasteiger partial charge in [-0.25, -0.2) is 9.97 Å². The van der Waals surface area contributed by atoms with Crippen LogP contribution in [0.1, 0.15) is 15.9 Å². The maximum Gasteiger partial charge on any atom is 0.251 e. The largest absolute Gasteiger partial charge is 0.481 e. The van der Waals surface area contributed by atoms with Gasteiger partial charge in [-0.3, -0.25) is 9.36 Å². The van der Waals surface area contributed by atoms with Crippen LogP contribution in [0.2, 0.25) is 0 Å². The number of rotatable bonds is 6. The van der Waals surface area contributed by atoms with Gasteiger partial charge in [0.1, 0.15) is 0 Å². The molecular formula is C18H18N4O2S. The van der Waals surface area contributed by atoms with Crippen molar-refractivity contribution < 1.29 is 9.53 Å². The number of carbonyl (C=O) groups is 1. The number of benzene rings is 1. The molecule has 2 heterocycles. The van der Waals surface area contributed by atoms with E-state index in [1.54, 1.807) is 43.4 Å². The van der Waals surface area contributed by atoms with Crippen LogP contribution in [0.4, 0.5) is 0 Å². The van der Waals surface area contributed by atoms with Gasteiger partial charge >= 0.3 is 0 Å². The van der Waals surface area contributed by atoms with E-state index >= 15 is 0 Å². The second-order valence-corrected chi connectivity index (χ2v) is 5.96. The Morgan fingerprint density at radius 1 is 1.20 bits per heavy atom. The zero-order valence-corrected chi connectivity index (χ0v) is 14.8. The van der Waals surface area contributed by atoms with Gasteiger partial charge < -0.3 is 10.1 Å². The first kappa shape index (κ1) is 17.0. The third-order valence-electron chi connectivity index (χ3n) is 3.68. The smallest absolute Gasteiger partial charge is 0.251 e. The van der Waals surface area contributed by atoms with Crippen molar-refractivity contribution >= 4 is 17.7 Å². The minimum Gasteiger partial charge on any atom is -0.481 e. The van der Waals surface area contributed by atoms with Gasteiger partial charge in [-0.15, -0.1) is 0 Å². The molecule has 3 aromatic rings. The first-order valence-corrected chi connectivity index (χ1v) is 8.89. The highest BCUT2D eigenvalue weighted by Crippen LogP contribution is 2.18. The second kappa shape index (κ2) is 7.85. The summed E-state index contributed by atoms with van der Waals surface area (Å²) in [6, 6.07) is 11.1. The molecule has 0 fully saturated rings. The quantitative estimate of drug-likeness (QED) is 0.689. The minimum absolute atomic E-state index is 0.145. The zero-order valence-electron chi connectivity index (χ0n) is 14.0. The van der Waals surface area contributed by atoms with Crippen molar-refractivity contribution in [2.45, 2.75) is 11.7 Å². The summed E-state index contributed by atoms with van der Waals surface area (Å²) in [4.78, 5) is 20.7. The molecule has 2 aromatic heterocycles. The van der Waals surface area contributed by atoms with Crippen molar-refractivity contribution in [3.63, 3.8) is 0 Å². The first-order chi connectivity index (χ1) is 12.2. The fourth-order valence-electron chi connectivity index (χ4n) is 2.43. The molecule has 1 aromatic carbocycles. The molecule has 0 saturated carbocycles. The first-order valence-electron chi connectivity index (χ1n) is 7.67. The number of nitrogens with zero attached hydrogens (tertiary/aromatic N) is 3. The average molecular weight is 354 g/mol. The normalized spacial score (nSPS) is 10.5. The topological polar surface area (TPSA) is 69.0 Å². The molecule has 0 radical (unpaired) electrons. The van der Waals surface area contributed by atoms with Gasteiger partial charge in [0, 0.05) is 41.9 Å². The third-order valence-corrected chi connectivity index (χ3v) is 4.35. The SMILES string of the molecule is COc1ncccc1CNC(=O)c1ccc(-n2ccnc2SC)cc1. The number of imidazole rings is 1. The van der Waals surface area contributed by atoms with E-state index in [1.165, 1.54) is 0 Å². The van der Waals surface area contributed by atoms with E-state index < -0.39 is 0 Å². The van der Waals surface area contributed by atoms with Gasteiger partial charge in [0.25, 0.3) is 5.91 Å². The van der Waals surface area contributed by atoms with Crippen molar-refractivity contribution in [3.8, 4) is 11.6 Å². The van der Waals surface area contributed by atoms with Crippen molar-refractivity contribution in [1.82, 2.24) is 19.9 Å². The molecule has 0 aliphatic carbocycles. The van der Waals surface area contributed by atoms with Crippen molar-refractivity contribution in [1.29, 1.82) is 0 Å². The maximum atomic E-state index is 12.3. The number of aromatic nitrogens is 3. The summed E-state index contributed by atoms with van der Waals surface area (Å²) >= 11 is 1.57. The molecule has 0 saturated heterocycles. The van der Waals surface area contributed by atoms with Crippen LogP contribution in [0.15, 0.2) is 60.1 Å². The molecule has 0 unspecified atom stereocenters. The fraction of sp³-hybridized carbons (Fsp3) is 0.167. The molecule has 6 nitrogen and oxygen atoms in total. The number of carbonyl (C=O) groups excluding carboxylic acids is 1. The van der Waals surface area contributed by atoms with Gasteiger partial charge in [-0.1, -0.05) is 17.8 Å². The number of thioether (sulfide) groups is 1. The minimum atomic E-state index is -0.145. The van der Waals surface area contributed by atoms with Crippen LogP contribution in [-0.2, 0) is 6.54 Å². The Bertz CT molecular complexity index is 862. The van der Waals surface area contributed by atoms with E-state index in [2.05, 4.69) is 15.3 Å². The Morgan fingerprint density at radius 2 is 2.00 bits per heavy atom. The van der Waals surface area contributed by atoms with Crippen LogP contribution in [-0.4, -0.2) is 33.8 Å². The maximum absolute atomic E-state index is 12.3. The van der Waals surface area contributed by atoms with Crippen molar-refractivity contribution in [2.75, 3.05) is 13.4 Å². The lowest BCUT2D eigenvalue weighted by molar-refractivity contribution is 0.0950. The zero-order chi connectivity index (χ0) is 17.6. The summed E-state index contributed by atoms with van der Waals surface area (Å²) in [5.74, 6) is 0.371. The average Bonchev–Trinajstić information content (AvgIpc) is 3.15. The summed E-state index contributed by atoms with van der Waals surface area (Å²) in [7, 11) is 1.56. The van der Waals surface area contributed by atoms with Crippen molar-refractivity contribution in [2.24, 2.45) is 0 Å². The molecule has 3 rings (SSSR count). The molecule has 0 aliphatic rings. The second-order valence-electron chi connectivity index (χ2n) is 5.19. The number of nitrogens with one attached hydrogen (secondary N) is 1. The third kappa shape index (κ3) is 3.83. The van der Waals surface area contributed by atoms with Crippen LogP contribution in [0.3, 0.4) is 0 Å². The summed E-state index contributed by atoms with van der Waals surface area (Å²) in [5.41, 5.74) is 2.39. The molecule has 1 amide bonds. The van der Waals surface area contributed by atoms with Gasteiger partial charge in [-0.05, 0) is 36.6 Å². The number of amides is 1. The monoisotopic (exact) mass is 354 g/mol. The van der Waals surface area contributed by atoms with E-state index in [1.807, 2.05) is 41.3 Å². The lowest BCUT2D eigenvalue weighted by Gasteiger charge is -2.10. The summed E-state index contributed by atoms with van der Waals surface area (Å²) in [5, 5.41) is 3.79. The molecule has 0 aliphatic heterocycles. The van der Waals surface area contributed by atoms with E-state index in [4.69, 9.17) is 4.74 Å². The number of pyridine rings is 1. The van der Waals surface area contributed by atoms with Crippen LogP contribution in [0.25, 0.3) is 5.69 Å². The van der Waals surface area contributed by atoms with Crippen LogP contribution >= 0.6 is 11.8 Å². The number of hydrogen-bond donors (Lipinski definition) is 1. The molecule has 0 spiro atoms. The Hall–Kier alpha value is -2.80. The Morgan fingerprint density at radius 3 is 2.72 bits per heavy atom. The lowest BCUT2D eigenvalue weighted by Crippen LogP contribution is -2.23. The van der Waals surface area contributed by atoms with E-state index in [0.29, 0.717) is 18.0 Å². The van der Waals surface area contributed by atoms with Gasteiger partial charge in [0.2, 0.25) is 5.88 Å². The predicted molar refractivity (Wildman–Crippen MR) is 97.3 cm³/mol. The number of ether oxygens (including phenoxy) is 1. The van der Waals surface area contributed by atoms with Gasteiger partial charge in [0.05, 0.1) is 7.11 Å². The molecule has 25 heavy (non-hydrogen) atoms. The van der Waals surface area contributed by atoms with Crippen LogP contribution in [0, 0.1) is 0 Å². The fourth-order valence-corrected chi connectivity index (χ4v) is 2.96. The Balaban J connectivity index is 1.69. The molecule has 7 heteroatoms. The van der Waals surface area contributed by atoms with Crippen LogP contribution < -0.4 is 10.1 Å². The lowest BCUT2D eigenvalue weighted by atomic mass is 10.2. The van der Waals surface area contributed by atoms with E-state index in [0.717, 1.165) is 16.4 Å². The Kier molecular flexibility index (Phi) is 5.35. The molecule has 0 bridgehead atoms. The molecular weight excluding hydrogens is 336 g/mol. The molecule has 0 atom stereocenters. The van der Waals surface area contributed by atoms with E-state index in [9.17, 15) is 4.79 Å². The van der Waals surface area contributed by atoms with E-state index in [-0.39, 0.29) is 5.91 Å². The molecule has 1 N–H and O–H groups in total. The predicted octanol–water partition coefficient (Wildman–Crippen LogP) is 2.93. The highest BCUT2D eigenvalue weighted by molar-refractivity contribution is 7.98. The standard InChI is InChI=1S/C18H18N4O2S/c1-24-17-14(4-3-9-19-17)12-21-16(23)13-5-7-15(8-6-13)22-11-10-20-18(22)25-2/h3-11H,12H2,1-2H3,(H,21,23). The van der Waals surface area contributed by atoms with Gasteiger partial charge in [-0.2, -0.15) is 0 Å². The summed E-state index contributed by atoms with van der Waals surface area (Å²) in [6.07, 6.45) is 7.29. The Labute approximate surface area is 150 Å². The number of hydrogen-bond acceptors (Lipinski definition) is 5. The summed E-state index contributed by atoms with van der Waals surface area (Å²) in [6.45, 7) is 0.357. The summed E-state index contributed by atoms with van der Waals surface area (Å²) < 4.78 is 7.17. The number of methoxy groups -OCH3 is 1. The highest BCUT2D eigenvalue weighted by atomic mass is 32.2. The van der Waals surface area contributed by atoms with Gasteiger partial charge in [0.15, 0.2) is 5.16 Å².